The number of anilines is 1. The van der Waals surface area contributed by atoms with Crippen molar-refractivity contribution in [2.45, 2.75) is 18.3 Å². The number of imidazole rings is 1. The van der Waals surface area contributed by atoms with Crippen LogP contribution in [-0.4, -0.2) is 31.2 Å². The predicted molar refractivity (Wildman–Crippen MR) is 106 cm³/mol. The third kappa shape index (κ3) is 5.62. The van der Waals surface area contributed by atoms with Crippen LogP contribution < -0.4 is 5.32 Å². The number of thioether (sulfide) groups is 1. The van der Waals surface area contributed by atoms with Crippen LogP contribution >= 0.6 is 11.8 Å². The van der Waals surface area contributed by atoms with E-state index in [0.717, 1.165) is 17.3 Å². The number of aromatic nitrogens is 2. The fourth-order valence-electron chi connectivity index (χ4n) is 2.57. The van der Waals surface area contributed by atoms with E-state index < -0.39 is 4.92 Å². The number of benzene rings is 2. The highest BCUT2D eigenvalue weighted by Crippen LogP contribution is 2.21. The lowest BCUT2D eigenvalue weighted by atomic mass is 10.2. The van der Waals surface area contributed by atoms with Crippen LogP contribution in [0.3, 0.4) is 0 Å². The smallest absolute Gasteiger partial charge is 0.271 e. The molecule has 1 aromatic heterocycles. The van der Waals surface area contributed by atoms with Gasteiger partial charge in [-0.3, -0.25) is 14.9 Å². The second kappa shape index (κ2) is 9.30. The highest BCUT2D eigenvalue weighted by molar-refractivity contribution is 7.99. The minimum Gasteiger partial charge on any atom is -0.390 e. The number of aliphatic hydroxyl groups is 1. The van der Waals surface area contributed by atoms with E-state index in [2.05, 4.69) is 10.3 Å². The van der Waals surface area contributed by atoms with Gasteiger partial charge in [-0.15, -0.1) is 0 Å². The zero-order valence-corrected chi connectivity index (χ0v) is 15.9. The average molecular weight is 416 g/mol. The molecule has 2 N–H and O–H groups in total. The number of nitro groups is 1. The van der Waals surface area contributed by atoms with Crippen LogP contribution in [0.4, 0.5) is 15.8 Å². The Morgan fingerprint density at radius 2 is 2.03 bits per heavy atom. The summed E-state index contributed by atoms with van der Waals surface area (Å²) in [6, 6.07) is 11.7. The van der Waals surface area contributed by atoms with Gasteiger partial charge in [-0.25, -0.2) is 9.37 Å². The molecule has 10 heteroatoms. The molecule has 0 spiro atoms. The average Bonchev–Trinajstić information content (AvgIpc) is 3.10. The van der Waals surface area contributed by atoms with Crippen LogP contribution in [0.25, 0.3) is 0 Å². The molecule has 3 rings (SSSR count). The Kier molecular flexibility index (Phi) is 6.57. The van der Waals surface area contributed by atoms with E-state index in [9.17, 15) is 24.4 Å². The van der Waals surface area contributed by atoms with Gasteiger partial charge in [0.1, 0.15) is 5.82 Å². The Bertz CT molecular complexity index is 1020. The summed E-state index contributed by atoms with van der Waals surface area (Å²) >= 11 is 1.16. The highest BCUT2D eigenvalue weighted by atomic mass is 32.2. The maximum absolute atomic E-state index is 13.1. The van der Waals surface area contributed by atoms with E-state index in [1.165, 1.54) is 30.3 Å². The second-order valence-corrected chi connectivity index (χ2v) is 7.01. The van der Waals surface area contributed by atoms with Crippen LogP contribution in [0.5, 0.6) is 0 Å². The molecule has 150 valence electrons. The molecular formula is C19H17FN4O4S. The van der Waals surface area contributed by atoms with Crippen molar-refractivity contribution >= 4 is 29.0 Å². The maximum atomic E-state index is 13.1. The van der Waals surface area contributed by atoms with Crippen molar-refractivity contribution in [3.63, 3.8) is 0 Å². The van der Waals surface area contributed by atoms with Gasteiger partial charge in [0.05, 0.1) is 23.0 Å². The van der Waals surface area contributed by atoms with E-state index in [-0.39, 0.29) is 29.8 Å². The van der Waals surface area contributed by atoms with E-state index in [1.807, 2.05) is 0 Å². The summed E-state index contributed by atoms with van der Waals surface area (Å²) in [5.41, 5.74) is 1.51. The van der Waals surface area contributed by atoms with Gasteiger partial charge in [-0.1, -0.05) is 30.0 Å². The van der Waals surface area contributed by atoms with Crippen molar-refractivity contribution in [1.82, 2.24) is 9.55 Å². The van der Waals surface area contributed by atoms with Gasteiger partial charge in [0, 0.05) is 30.6 Å². The molecule has 0 fully saturated rings. The van der Waals surface area contributed by atoms with Gasteiger partial charge >= 0.3 is 0 Å². The van der Waals surface area contributed by atoms with Crippen molar-refractivity contribution in [1.29, 1.82) is 0 Å². The number of hydrogen-bond acceptors (Lipinski definition) is 6. The van der Waals surface area contributed by atoms with Crippen LogP contribution in [0.1, 0.15) is 11.3 Å². The van der Waals surface area contributed by atoms with E-state index in [0.29, 0.717) is 23.1 Å². The first-order valence-corrected chi connectivity index (χ1v) is 9.51. The van der Waals surface area contributed by atoms with Gasteiger partial charge in [0.25, 0.3) is 5.69 Å². The first kappa shape index (κ1) is 20.5. The zero-order valence-electron chi connectivity index (χ0n) is 15.1. The lowest BCUT2D eigenvalue weighted by Crippen LogP contribution is -2.14. The van der Waals surface area contributed by atoms with Crippen molar-refractivity contribution in [2.75, 3.05) is 11.1 Å². The quantitative estimate of drug-likeness (QED) is 0.331. The fourth-order valence-corrected chi connectivity index (χ4v) is 3.36. The molecule has 0 saturated carbocycles. The summed E-state index contributed by atoms with van der Waals surface area (Å²) in [7, 11) is 0. The van der Waals surface area contributed by atoms with Gasteiger partial charge in [-0.05, 0) is 23.8 Å². The Morgan fingerprint density at radius 3 is 2.72 bits per heavy atom. The zero-order chi connectivity index (χ0) is 20.8. The van der Waals surface area contributed by atoms with Crippen LogP contribution in [0.15, 0.2) is 59.9 Å². The largest absolute Gasteiger partial charge is 0.390 e. The summed E-state index contributed by atoms with van der Waals surface area (Å²) in [6.07, 6.45) is 1.67. The molecule has 0 aliphatic carbocycles. The number of nitrogens with one attached hydrogen (secondary N) is 1. The molecule has 29 heavy (non-hydrogen) atoms. The van der Waals surface area contributed by atoms with Gasteiger partial charge in [-0.2, -0.15) is 0 Å². The first-order chi connectivity index (χ1) is 13.9. The van der Waals surface area contributed by atoms with E-state index >= 15 is 0 Å². The maximum Gasteiger partial charge on any atom is 0.271 e. The molecule has 1 amide bonds. The van der Waals surface area contributed by atoms with Crippen molar-refractivity contribution < 1.29 is 19.2 Å². The number of amides is 1. The lowest BCUT2D eigenvalue weighted by molar-refractivity contribution is -0.384. The number of non-ortho nitro benzene ring substituents is 1. The lowest BCUT2D eigenvalue weighted by Gasteiger charge is -2.08. The fraction of sp³-hybridized carbons (Fsp3) is 0.158. The van der Waals surface area contributed by atoms with Gasteiger partial charge < -0.3 is 15.0 Å². The first-order valence-electron chi connectivity index (χ1n) is 8.53. The number of rotatable bonds is 8. The molecule has 0 saturated heterocycles. The van der Waals surface area contributed by atoms with Crippen molar-refractivity contribution in [2.24, 2.45) is 0 Å². The highest BCUT2D eigenvalue weighted by Gasteiger charge is 2.13. The molecule has 0 aliphatic rings. The number of hydrogen-bond donors (Lipinski definition) is 2. The van der Waals surface area contributed by atoms with Gasteiger partial charge in [0.2, 0.25) is 5.91 Å². The van der Waals surface area contributed by atoms with Gasteiger partial charge in [0.15, 0.2) is 5.16 Å². The molecule has 0 atom stereocenters. The van der Waals surface area contributed by atoms with E-state index in [1.54, 1.807) is 29.0 Å². The Morgan fingerprint density at radius 1 is 1.28 bits per heavy atom. The normalized spacial score (nSPS) is 10.7. The Labute approximate surface area is 169 Å². The molecule has 1 heterocycles. The number of carbonyl (C=O) groups is 1. The van der Waals surface area contributed by atoms with Crippen molar-refractivity contribution in [3.8, 4) is 0 Å². The summed E-state index contributed by atoms with van der Waals surface area (Å²) in [4.78, 5) is 26.8. The molecule has 0 unspecified atom stereocenters. The molecule has 2 aromatic carbocycles. The topological polar surface area (TPSA) is 110 Å². The minimum absolute atomic E-state index is 0.0218. The SMILES string of the molecule is O=C(CSc1nc(CO)cn1Cc1ccc(F)cc1)Nc1cccc([N+](=O)[O-])c1. The molecular weight excluding hydrogens is 399 g/mol. The summed E-state index contributed by atoms with van der Waals surface area (Å²) < 4.78 is 14.9. The summed E-state index contributed by atoms with van der Waals surface area (Å²) in [5, 5.41) is 23.3. The number of nitrogens with zero attached hydrogens (tertiary/aromatic N) is 3. The van der Waals surface area contributed by atoms with Crippen LogP contribution in [-0.2, 0) is 17.9 Å². The summed E-state index contributed by atoms with van der Waals surface area (Å²) in [5.74, 6) is -0.659. The van der Waals surface area contributed by atoms with Crippen molar-refractivity contribution in [3.05, 3.63) is 81.9 Å². The molecule has 0 radical (unpaired) electrons. The van der Waals surface area contributed by atoms with Crippen LogP contribution in [0.2, 0.25) is 0 Å². The second-order valence-electron chi connectivity index (χ2n) is 6.07. The Hall–Kier alpha value is -3.24. The monoisotopic (exact) mass is 416 g/mol. The standard InChI is InChI=1S/C19H17FN4O4S/c20-14-6-4-13(5-7-14)9-23-10-16(11-25)22-19(23)29-12-18(26)21-15-2-1-3-17(8-15)24(27)28/h1-8,10,25H,9,11-12H2,(H,21,26). The minimum atomic E-state index is -0.535. The van der Waals surface area contributed by atoms with E-state index in [4.69, 9.17) is 0 Å². The van der Waals surface area contributed by atoms with Crippen LogP contribution in [0, 0.1) is 15.9 Å². The number of nitro benzene ring substituents is 1. The third-order valence-corrected chi connectivity index (χ3v) is 4.88. The molecule has 3 aromatic rings. The molecule has 0 aliphatic heterocycles. The number of halogens is 1. The number of aliphatic hydroxyl groups excluding tert-OH is 1. The Balaban J connectivity index is 1.65. The molecule has 8 nitrogen and oxygen atoms in total. The third-order valence-electron chi connectivity index (χ3n) is 3.89. The molecule has 0 bridgehead atoms. The summed E-state index contributed by atoms with van der Waals surface area (Å²) in [6.45, 7) is 0.159. The number of carbonyl (C=O) groups excluding carboxylic acids is 1. The predicted octanol–water partition coefficient (Wildman–Crippen LogP) is 3.20.